The first-order valence-electron chi connectivity index (χ1n) is 9.36. The Kier molecular flexibility index (Phi) is 6.20. The molecule has 0 aliphatic carbocycles. The topological polar surface area (TPSA) is 57.9 Å². The van der Waals surface area contributed by atoms with E-state index in [4.69, 9.17) is 17.2 Å². The van der Waals surface area contributed by atoms with E-state index in [1.54, 1.807) is 23.7 Å². The quantitative estimate of drug-likeness (QED) is 0.531. The minimum atomic E-state index is -0.188. The maximum atomic E-state index is 13.4. The van der Waals surface area contributed by atoms with Crippen LogP contribution in [-0.2, 0) is 4.79 Å². The number of hydrogen-bond acceptors (Lipinski definition) is 6. The summed E-state index contributed by atoms with van der Waals surface area (Å²) in [4.78, 5) is 34.6. The lowest BCUT2D eigenvalue weighted by molar-refractivity contribution is -0.121. The van der Waals surface area contributed by atoms with Crippen molar-refractivity contribution in [3.05, 3.63) is 44.7 Å². The summed E-state index contributed by atoms with van der Waals surface area (Å²) in [6.45, 7) is 7.71. The molecule has 0 radical (unpaired) electrons. The van der Waals surface area contributed by atoms with Gasteiger partial charge in [0.05, 0.1) is 10.5 Å². The van der Waals surface area contributed by atoms with Gasteiger partial charge in [0.25, 0.3) is 11.5 Å². The van der Waals surface area contributed by atoms with Crippen LogP contribution < -0.4 is 10.5 Å². The second kappa shape index (κ2) is 8.45. The third-order valence-corrected chi connectivity index (χ3v) is 6.02. The number of thioether (sulfide) groups is 1. The Balaban J connectivity index is 2.27. The normalized spacial score (nSPS) is 15.9. The number of hydrogen-bond donors (Lipinski definition) is 0. The van der Waals surface area contributed by atoms with E-state index < -0.39 is 0 Å². The van der Waals surface area contributed by atoms with Crippen molar-refractivity contribution < 1.29 is 4.79 Å². The molecule has 0 bridgehead atoms. The maximum absolute atomic E-state index is 13.4. The molecule has 0 saturated carbocycles. The zero-order chi connectivity index (χ0) is 20.4. The molecule has 1 aliphatic rings. The van der Waals surface area contributed by atoms with Crippen molar-refractivity contribution >= 4 is 51.7 Å². The van der Waals surface area contributed by atoms with Gasteiger partial charge in [0, 0.05) is 26.3 Å². The van der Waals surface area contributed by atoms with Gasteiger partial charge in [-0.25, -0.2) is 4.98 Å². The van der Waals surface area contributed by atoms with Gasteiger partial charge in [-0.2, -0.15) is 0 Å². The summed E-state index contributed by atoms with van der Waals surface area (Å²) in [7, 11) is 1.65. The van der Waals surface area contributed by atoms with Crippen molar-refractivity contribution in [1.29, 1.82) is 0 Å². The lowest BCUT2D eigenvalue weighted by atomic mass is 10.2. The van der Waals surface area contributed by atoms with Crippen LogP contribution in [0.3, 0.4) is 0 Å². The highest BCUT2D eigenvalue weighted by Crippen LogP contribution is 2.32. The Hall–Kier alpha value is -2.19. The molecule has 0 spiro atoms. The van der Waals surface area contributed by atoms with Gasteiger partial charge in [-0.05, 0) is 37.5 Å². The van der Waals surface area contributed by atoms with E-state index in [1.165, 1.54) is 16.7 Å². The van der Waals surface area contributed by atoms with Crippen LogP contribution in [0.5, 0.6) is 0 Å². The molecule has 1 saturated heterocycles. The van der Waals surface area contributed by atoms with Crippen LogP contribution in [0.25, 0.3) is 11.7 Å². The number of carbonyl (C=O) groups excluding carboxylic acids is 1. The number of carbonyl (C=O) groups is 1. The molecule has 148 valence electrons. The Morgan fingerprint density at radius 1 is 1.21 bits per heavy atom. The molecular weight excluding hydrogens is 392 g/mol. The summed E-state index contributed by atoms with van der Waals surface area (Å²) in [5, 5.41) is 0. The number of anilines is 1. The zero-order valence-electron chi connectivity index (χ0n) is 16.6. The van der Waals surface area contributed by atoms with E-state index in [0.717, 1.165) is 31.5 Å². The minimum Gasteiger partial charge on any atom is -0.356 e. The molecule has 1 fully saturated rings. The zero-order valence-corrected chi connectivity index (χ0v) is 18.2. The van der Waals surface area contributed by atoms with Gasteiger partial charge >= 0.3 is 0 Å². The number of nitrogens with zero attached hydrogens (tertiary/aromatic N) is 4. The van der Waals surface area contributed by atoms with E-state index in [1.807, 2.05) is 19.1 Å². The second-order valence-electron chi connectivity index (χ2n) is 6.82. The molecule has 0 N–H and O–H groups in total. The van der Waals surface area contributed by atoms with Crippen molar-refractivity contribution in [3.8, 4) is 0 Å². The van der Waals surface area contributed by atoms with Crippen LogP contribution in [0.1, 0.15) is 37.8 Å². The van der Waals surface area contributed by atoms with E-state index >= 15 is 0 Å². The molecule has 3 heterocycles. The largest absolute Gasteiger partial charge is 0.356 e. The first-order chi connectivity index (χ1) is 13.4. The van der Waals surface area contributed by atoms with Crippen molar-refractivity contribution in [3.63, 3.8) is 0 Å². The number of amides is 1. The average Bonchev–Trinajstić information content (AvgIpc) is 2.91. The number of fused-ring (bicyclic) bond motifs is 1. The Morgan fingerprint density at radius 3 is 2.46 bits per heavy atom. The molecule has 28 heavy (non-hydrogen) atoms. The molecular formula is C20H24N4O2S2. The third-order valence-electron chi connectivity index (χ3n) is 4.53. The van der Waals surface area contributed by atoms with Crippen LogP contribution in [0.4, 0.5) is 5.82 Å². The first-order valence-corrected chi connectivity index (χ1v) is 10.6. The summed E-state index contributed by atoms with van der Waals surface area (Å²) in [6.07, 6.45) is 5.30. The molecule has 3 rings (SSSR count). The summed E-state index contributed by atoms with van der Waals surface area (Å²) >= 11 is 6.44. The average molecular weight is 417 g/mol. The minimum absolute atomic E-state index is 0.178. The summed E-state index contributed by atoms with van der Waals surface area (Å²) in [6, 6.07) is 3.79. The molecule has 6 nitrogen and oxygen atoms in total. The maximum Gasteiger partial charge on any atom is 0.267 e. The summed E-state index contributed by atoms with van der Waals surface area (Å²) in [5.74, 6) is 0.436. The van der Waals surface area contributed by atoms with Crippen molar-refractivity contribution in [2.24, 2.45) is 0 Å². The molecule has 2 aromatic rings. The van der Waals surface area contributed by atoms with E-state index in [0.29, 0.717) is 26.3 Å². The molecule has 1 aliphatic heterocycles. The highest BCUT2D eigenvalue weighted by molar-refractivity contribution is 8.26. The molecule has 2 aromatic heterocycles. The number of pyridine rings is 1. The molecule has 0 atom stereocenters. The standard InChI is InChI=1S/C20H24N4O2S2/c1-5-9-23(10-6-2)17-14(11-15-19(26)22(4)20(27)28-15)18(25)24-12-13(3)7-8-16(24)21-17/h7-8,11-12H,5-6,9-10H2,1-4H3/b15-11+. The van der Waals surface area contributed by atoms with E-state index in [9.17, 15) is 9.59 Å². The van der Waals surface area contributed by atoms with Gasteiger partial charge in [0.1, 0.15) is 15.8 Å². The fourth-order valence-corrected chi connectivity index (χ4v) is 4.32. The van der Waals surface area contributed by atoms with Gasteiger partial charge in [-0.3, -0.25) is 18.9 Å². The monoisotopic (exact) mass is 416 g/mol. The molecule has 1 amide bonds. The lowest BCUT2D eigenvalue weighted by Gasteiger charge is -2.24. The van der Waals surface area contributed by atoms with Gasteiger partial charge in [0.15, 0.2) is 0 Å². The SMILES string of the molecule is CCCN(CCC)c1nc2ccc(C)cn2c(=O)c1/C=C1/SC(=S)N(C)C1=O. The van der Waals surface area contributed by atoms with Crippen molar-refractivity contribution in [2.75, 3.05) is 25.0 Å². The highest BCUT2D eigenvalue weighted by atomic mass is 32.2. The van der Waals surface area contributed by atoms with Gasteiger partial charge < -0.3 is 4.90 Å². The van der Waals surface area contributed by atoms with E-state index in [-0.39, 0.29) is 11.5 Å². The van der Waals surface area contributed by atoms with Crippen LogP contribution in [0, 0.1) is 6.92 Å². The number of likely N-dealkylation sites (N-methyl/N-ethyl adjacent to an activating group) is 1. The Labute approximate surface area is 174 Å². The van der Waals surface area contributed by atoms with E-state index in [2.05, 4.69) is 18.7 Å². The lowest BCUT2D eigenvalue weighted by Crippen LogP contribution is -2.31. The smallest absolute Gasteiger partial charge is 0.267 e. The number of thiocarbonyl (C=S) groups is 1. The molecule has 8 heteroatoms. The van der Waals surface area contributed by atoms with Crippen molar-refractivity contribution in [1.82, 2.24) is 14.3 Å². The highest BCUT2D eigenvalue weighted by Gasteiger charge is 2.30. The van der Waals surface area contributed by atoms with Crippen molar-refractivity contribution in [2.45, 2.75) is 33.6 Å². The summed E-state index contributed by atoms with van der Waals surface area (Å²) in [5.41, 5.74) is 1.82. The number of aryl methyl sites for hydroxylation is 1. The van der Waals surface area contributed by atoms with Crippen LogP contribution >= 0.6 is 24.0 Å². The van der Waals surface area contributed by atoms with Crippen LogP contribution in [0.15, 0.2) is 28.0 Å². The van der Waals surface area contributed by atoms with Gasteiger partial charge in [0.2, 0.25) is 0 Å². The molecule has 0 aromatic carbocycles. The number of rotatable bonds is 6. The predicted octanol–water partition coefficient (Wildman–Crippen LogP) is 3.46. The third kappa shape index (κ3) is 3.84. The Bertz CT molecular complexity index is 1020. The molecule has 0 unspecified atom stereocenters. The number of aromatic nitrogens is 2. The van der Waals surface area contributed by atoms with Crippen LogP contribution in [0.2, 0.25) is 0 Å². The summed E-state index contributed by atoms with van der Waals surface area (Å²) < 4.78 is 2.04. The fourth-order valence-electron chi connectivity index (χ4n) is 3.15. The first kappa shape index (κ1) is 20.5. The van der Waals surface area contributed by atoms with Crippen LogP contribution in [-0.4, -0.2) is 44.6 Å². The van der Waals surface area contributed by atoms with Gasteiger partial charge in [-0.15, -0.1) is 0 Å². The van der Waals surface area contributed by atoms with Gasteiger partial charge in [-0.1, -0.05) is 43.9 Å². The Morgan fingerprint density at radius 2 is 1.89 bits per heavy atom. The second-order valence-corrected chi connectivity index (χ2v) is 8.49. The fraction of sp³-hybridized carbons (Fsp3) is 0.400. The predicted molar refractivity (Wildman–Crippen MR) is 120 cm³/mol.